The molecule has 0 unspecified atom stereocenters. The number of benzene rings is 1. The molecule has 4 nitrogen and oxygen atoms in total. The summed E-state index contributed by atoms with van der Waals surface area (Å²) in [6, 6.07) is 6.44. The molecule has 0 aromatic heterocycles. The molecule has 0 amide bonds. The maximum absolute atomic E-state index is 11.3. The molecule has 19 heavy (non-hydrogen) atoms. The third kappa shape index (κ3) is 3.56. The van der Waals surface area contributed by atoms with Gasteiger partial charge in [0.1, 0.15) is 11.5 Å². The second-order valence-electron chi connectivity index (χ2n) is 5.03. The lowest BCUT2D eigenvalue weighted by molar-refractivity contribution is -0.122. The van der Waals surface area contributed by atoms with Crippen molar-refractivity contribution in [1.29, 1.82) is 0 Å². The maximum atomic E-state index is 11.3. The van der Waals surface area contributed by atoms with Gasteiger partial charge in [-0.25, -0.2) is 4.79 Å². The number of Topliss-reactive ketones (excluding diaryl/α,β-unsaturated/α-hetero) is 1. The van der Waals surface area contributed by atoms with Crippen LogP contribution in [-0.4, -0.2) is 23.0 Å². The highest BCUT2D eigenvalue weighted by atomic mass is 16.5. The van der Waals surface area contributed by atoms with E-state index in [0.29, 0.717) is 5.75 Å². The molecule has 2 rings (SSSR count). The van der Waals surface area contributed by atoms with E-state index < -0.39 is 5.97 Å². The van der Waals surface area contributed by atoms with Crippen molar-refractivity contribution >= 4 is 11.8 Å². The molecule has 4 heteroatoms. The van der Waals surface area contributed by atoms with E-state index >= 15 is 0 Å². The van der Waals surface area contributed by atoms with Gasteiger partial charge in [0.25, 0.3) is 0 Å². The Kier molecular flexibility index (Phi) is 4.20. The highest BCUT2D eigenvalue weighted by Crippen LogP contribution is 2.28. The molecule has 1 aromatic carbocycles. The van der Waals surface area contributed by atoms with Gasteiger partial charge < -0.3 is 9.84 Å². The van der Waals surface area contributed by atoms with Crippen molar-refractivity contribution < 1.29 is 19.4 Å². The van der Waals surface area contributed by atoms with Crippen LogP contribution in [0.4, 0.5) is 0 Å². The van der Waals surface area contributed by atoms with Crippen LogP contribution in [0.5, 0.6) is 5.75 Å². The second-order valence-corrected chi connectivity index (χ2v) is 5.03. The first-order valence-corrected chi connectivity index (χ1v) is 6.56. The van der Waals surface area contributed by atoms with Gasteiger partial charge in [-0.3, -0.25) is 4.79 Å². The molecule has 1 aromatic rings. The summed E-state index contributed by atoms with van der Waals surface area (Å²) in [5.74, 6) is 0.211. The number of carboxylic acids is 1. The first-order valence-electron chi connectivity index (χ1n) is 6.56. The largest absolute Gasteiger partial charge is 0.490 e. The van der Waals surface area contributed by atoms with Gasteiger partial charge in [0.2, 0.25) is 0 Å². The van der Waals surface area contributed by atoms with Crippen LogP contribution in [0.1, 0.15) is 43.0 Å². The number of carbonyl (C=O) groups is 2. The lowest BCUT2D eigenvalue weighted by Gasteiger charge is -2.27. The Labute approximate surface area is 112 Å². The number of aromatic carboxylic acids is 1. The normalized spacial score (nSPS) is 22.8. The van der Waals surface area contributed by atoms with Gasteiger partial charge >= 0.3 is 5.97 Å². The highest BCUT2D eigenvalue weighted by Gasteiger charge is 2.24. The SMILES string of the molecule is CC(=O)[C@H]1CC[C@@H](Oc2ccc(C(=O)O)cc2)CC1. The third-order valence-corrected chi connectivity index (χ3v) is 3.65. The molecule has 0 heterocycles. The summed E-state index contributed by atoms with van der Waals surface area (Å²) >= 11 is 0. The average Bonchev–Trinajstić information content (AvgIpc) is 2.40. The van der Waals surface area contributed by atoms with Crippen LogP contribution in [0.3, 0.4) is 0 Å². The Balaban J connectivity index is 1.88. The molecular weight excluding hydrogens is 244 g/mol. The molecule has 0 spiro atoms. The van der Waals surface area contributed by atoms with Crippen LogP contribution in [0.15, 0.2) is 24.3 Å². The lowest BCUT2D eigenvalue weighted by atomic mass is 9.85. The number of hydrogen-bond acceptors (Lipinski definition) is 3. The third-order valence-electron chi connectivity index (χ3n) is 3.65. The van der Waals surface area contributed by atoms with Crippen LogP contribution in [0.25, 0.3) is 0 Å². The number of rotatable bonds is 4. The monoisotopic (exact) mass is 262 g/mol. The number of carbonyl (C=O) groups excluding carboxylic acids is 1. The van der Waals surface area contributed by atoms with Crippen LogP contribution in [0, 0.1) is 5.92 Å². The molecule has 0 saturated heterocycles. The first-order chi connectivity index (χ1) is 9.06. The summed E-state index contributed by atoms with van der Waals surface area (Å²) in [5.41, 5.74) is 0.257. The van der Waals surface area contributed by atoms with Crippen molar-refractivity contribution in [3.8, 4) is 5.75 Å². The lowest BCUT2D eigenvalue weighted by Crippen LogP contribution is -2.27. The number of hydrogen-bond donors (Lipinski definition) is 1. The Morgan fingerprint density at radius 1 is 1.11 bits per heavy atom. The Bertz CT molecular complexity index is 456. The first kappa shape index (κ1) is 13.6. The quantitative estimate of drug-likeness (QED) is 0.906. The van der Waals surface area contributed by atoms with Gasteiger partial charge in [0, 0.05) is 5.92 Å². The molecule has 102 valence electrons. The van der Waals surface area contributed by atoms with Crippen molar-refractivity contribution in [3.05, 3.63) is 29.8 Å². The molecular formula is C15H18O4. The fourth-order valence-corrected chi connectivity index (χ4v) is 2.46. The molecule has 0 aliphatic heterocycles. The van der Waals surface area contributed by atoms with E-state index in [9.17, 15) is 9.59 Å². The molecule has 0 bridgehead atoms. The molecule has 1 aliphatic rings. The zero-order valence-electron chi connectivity index (χ0n) is 11.0. The van der Waals surface area contributed by atoms with E-state index in [-0.39, 0.29) is 23.4 Å². The van der Waals surface area contributed by atoms with E-state index in [4.69, 9.17) is 9.84 Å². The minimum Gasteiger partial charge on any atom is -0.490 e. The van der Waals surface area contributed by atoms with Gasteiger partial charge in [0.05, 0.1) is 11.7 Å². The summed E-state index contributed by atoms with van der Waals surface area (Å²) in [4.78, 5) is 22.0. The fraction of sp³-hybridized carbons (Fsp3) is 0.467. The molecule has 0 atom stereocenters. The smallest absolute Gasteiger partial charge is 0.335 e. The number of ether oxygens (including phenoxy) is 1. The number of ketones is 1. The van der Waals surface area contributed by atoms with Crippen molar-refractivity contribution in [2.45, 2.75) is 38.7 Å². The van der Waals surface area contributed by atoms with E-state index in [1.807, 2.05) is 0 Å². The topological polar surface area (TPSA) is 63.6 Å². The van der Waals surface area contributed by atoms with Crippen molar-refractivity contribution in [2.24, 2.45) is 5.92 Å². The molecule has 1 aliphatic carbocycles. The summed E-state index contributed by atoms with van der Waals surface area (Å²) in [6.45, 7) is 1.65. The zero-order chi connectivity index (χ0) is 13.8. The predicted molar refractivity (Wildman–Crippen MR) is 70.5 cm³/mol. The number of carboxylic acid groups (broad SMARTS) is 1. The van der Waals surface area contributed by atoms with E-state index in [1.54, 1.807) is 31.2 Å². The van der Waals surface area contributed by atoms with Gasteiger partial charge in [-0.2, -0.15) is 0 Å². The van der Waals surface area contributed by atoms with E-state index in [2.05, 4.69) is 0 Å². The van der Waals surface area contributed by atoms with E-state index in [1.165, 1.54) is 0 Å². The average molecular weight is 262 g/mol. The summed E-state index contributed by atoms with van der Waals surface area (Å²) in [7, 11) is 0. The maximum Gasteiger partial charge on any atom is 0.335 e. The molecule has 1 saturated carbocycles. The second kappa shape index (κ2) is 5.87. The molecule has 1 N–H and O–H groups in total. The van der Waals surface area contributed by atoms with Gasteiger partial charge in [-0.15, -0.1) is 0 Å². The van der Waals surface area contributed by atoms with Gasteiger partial charge in [0.15, 0.2) is 0 Å². The highest BCUT2D eigenvalue weighted by molar-refractivity contribution is 5.87. The Morgan fingerprint density at radius 2 is 1.68 bits per heavy atom. The predicted octanol–water partition coefficient (Wildman–Crippen LogP) is 2.91. The standard InChI is InChI=1S/C15H18O4/c1-10(16)11-2-6-13(7-3-11)19-14-8-4-12(5-9-14)15(17)18/h4-5,8-9,11,13H,2-3,6-7H2,1H3,(H,17,18)/t11-,13+. The summed E-state index contributed by atoms with van der Waals surface area (Å²) in [5, 5.41) is 8.81. The van der Waals surface area contributed by atoms with Crippen molar-refractivity contribution in [1.82, 2.24) is 0 Å². The van der Waals surface area contributed by atoms with E-state index in [0.717, 1.165) is 25.7 Å². The van der Waals surface area contributed by atoms with Crippen LogP contribution in [0.2, 0.25) is 0 Å². The van der Waals surface area contributed by atoms with Crippen LogP contribution in [-0.2, 0) is 4.79 Å². The molecule has 0 radical (unpaired) electrons. The van der Waals surface area contributed by atoms with Gasteiger partial charge in [-0.1, -0.05) is 0 Å². The summed E-state index contributed by atoms with van der Waals surface area (Å²) in [6.07, 6.45) is 3.65. The van der Waals surface area contributed by atoms with Crippen LogP contribution >= 0.6 is 0 Å². The fourth-order valence-electron chi connectivity index (χ4n) is 2.46. The zero-order valence-corrected chi connectivity index (χ0v) is 11.0. The Hall–Kier alpha value is -1.84. The van der Waals surface area contributed by atoms with Crippen molar-refractivity contribution in [3.63, 3.8) is 0 Å². The van der Waals surface area contributed by atoms with Crippen LogP contribution < -0.4 is 4.74 Å². The molecule has 1 fully saturated rings. The summed E-state index contributed by atoms with van der Waals surface area (Å²) < 4.78 is 5.81. The minimum absolute atomic E-state index is 0.131. The minimum atomic E-state index is -0.937. The van der Waals surface area contributed by atoms with Crippen molar-refractivity contribution in [2.75, 3.05) is 0 Å². The van der Waals surface area contributed by atoms with Gasteiger partial charge in [-0.05, 0) is 56.9 Å². The Morgan fingerprint density at radius 3 is 2.16 bits per heavy atom.